The fourth-order valence-electron chi connectivity index (χ4n) is 3.72. The van der Waals surface area contributed by atoms with Gasteiger partial charge in [-0.05, 0) is 43.7 Å². The summed E-state index contributed by atoms with van der Waals surface area (Å²) in [5.41, 5.74) is 2.61. The molecule has 0 atom stereocenters. The summed E-state index contributed by atoms with van der Waals surface area (Å²) < 4.78 is 24.0. The molecule has 5 nitrogen and oxygen atoms in total. The molecule has 0 saturated carbocycles. The average Bonchev–Trinajstić information content (AvgIpc) is 3.10. The standard InChI is InChI=1S/C21H24FN3O2.2ClH/c1-26-20-7-3-2-6-19(20)25-13-11-24(12-14-25)10-4-5-18-17-9-8-16(22)15-21(17)27-23-18;;/h2-3,6-9,15H,4-5,10-14H2,1H3;2*1H. The van der Waals surface area contributed by atoms with E-state index in [1.54, 1.807) is 13.2 Å². The van der Waals surface area contributed by atoms with Crippen molar-refractivity contribution >= 4 is 41.5 Å². The number of aromatic nitrogens is 1. The van der Waals surface area contributed by atoms with Crippen molar-refractivity contribution in [3.63, 3.8) is 0 Å². The quantitative estimate of drug-likeness (QED) is 0.560. The van der Waals surface area contributed by atoms with Crippen LogP contribution in [0.25, 0.3) is 11.0 Å². The minimum Gasteiger partial charge on any atom is -0.495 e. The Balaban J connectivity index is 0.00000150. The van der Waals surface area contributed by atoms with Crippen LogP contribution in [0.3, 0.4) is 0 Å². The first-order valence-corrected chi connectivity index (χ1v) is 9.39. The maximum atomic E-state index is 13.2. The second-order valence-electron chi connectivity index (χ2n) is 6.87. The Kier molecular flexibility index (Phi) is 8.56. The highest BCUT2D eigenvalue weighted by Crippen LogP contribution is 2.28. The molecule has 0 N–H and O–H groups in total. The predicted octanol–water partition coefficient (Wildman–Crippen LogP) is 4.57. The first kappa shape index (κ1) is 23.3. The van der Waals surface area contributed by atoms with E-state index in [9.17, 15) is 4.39 Å². The van der Waals surface area contributed by atoms with Crippen molar-refractivity contribution in [2.45, 2.75) is 12.8 Å². The molecule has 0 unspecified atom stereocenters. The number of aryl methyl sites for hydroxylation is 1. The topological polar surface area (TPSA) is 41.7 Å². The van der Waals surface area contributed by atoms with Gasteiger partial charge in [-0.15, -0.1) is 24.8 Å². The molecule has 0 radical (unpaired) electrons. The van der Waals surface area contributed by atoms with Gasteiger partial charge in [0.2, 0.25) is 0 Å². The van der Waals surface area contributed by atoms with Crippen LogP contribution in [0.15, 0.2) is 47.0 Å². The second kappa shape index (κ2) is 10.7. The number of hydrogen-bond acceptors (Lipinski definition) is 5. The summed E-state index contributed by atoms with van der Waals surface area (Å²) in [6.45, 7) is 5.07. The monoisotopic (exact) mass is 441 g/mol. The molecule has 0 aliphatic carbocycles. The number of ether oxygens (including phenoxy) is 1. The number of hydrogen-bond donors (Lipinski definition) is 0. The third-order valence-electron chi connectivity index (χ3n) is 5.19. The van der Waals surface area contributed by atoms with Crippen LogP contribution in [-0.4, -0.2) is 49.9 Å². The summed E-state index contributed by atoms with van der Waals surface area (Å²) >= 11 is 0. The molecule has 2 aromatic carbocycles. The Morgan fingerprint density at radius 3 is 2.59 bits per heavy atom. The van der Waals surface area contributed by atoms with Gasteiger partial charge in [0.15, 0.2) is 5.58 Å². The predicted molar refractivity (Wildman–Crippen MR) is 118 cm³/mol. The number of fused-ring (bicyclic) bond motifs is 1. The number of rotatable bonds is 6. The summed E-state index contributed by atoms with van der Waals surface area (Å²) in [5.74, 6) is 0.637. The molecular weight excluding hydrogens is 416 g/mol. The fourth-order valence-corrected chi connectivity index (χ4v) is 3.72. The van der Waals surface area contributed by atoms with Gasteiger partial charge < -0.3 is 14.2 Å². The minimum atomic E-state index is -0.293. The maximum Gasteiger partial charge on any atom is 0.170 e. The first-order chi connectivity index (χ1) is 13.2. The van der Waals surface area contributed by atoms with E-state index in [1.165, 1.54) is 17.8 Å². The minimum absolute atomic E-state index is 0. The lowest BCUT2D eigenvalue weighted by Crippen LogP contribution is -2.46. The molecule has 4 rings (SSSR count). The van der Waals surface area contributed by atoms with Gasteiger partial charge in [0.05, 0.1) is 18.5 Å². The fraction of sp³-hybridized carbons (Fsp3) is 0.381. The molecule has 1 saturated heterocycles. The van der Waals surface area contributed by atoms with Gasteiger partial charge in [0.25, 0.3) is 0 Å². The van der Waals surface area contributed by atoms with Crippen LogP contribution in [0.2, 0.25) is 0 Å². The molecule has 1 aliphatic rings. The van der Waals surface area contributed by atoms with E-state index < -0.39 is 0 Å². The van der Waals surface area contributed by atoms with Gasteiger partial charge in [0.1, 0.15) is 11.6 Å². The molecule has 0 amide bonds. The van der Waals surface area contributed by atoms with Crippen molar-refractivity contribution in [3.05, 3.63) is 54.0 Å². The number of piperazine rings is 1. The van der Waals surface area contributed by atoms with Crippen LogP contribution >= 0.6 is 24.8 Å². The zero-order valence-corrected chi connectivity index (χ0v) is 18.0. The molecule has 2 heterocycles. The van der Waals surface area contributed by atoms with Crippen molar-refractivity contribution in [3.8, 4) is 5.75 Å². The zero-order valence-electron chi connectivity index (χ0n) is 16.3. The van der Waals surface area contributed by atoms with Crippen molar-refractivity contribution in [1.29, 1.82) is 0 Å². The van der Waals surface area contributed by atoms with E-state index in [4.69, 9.17) is 9.26 Å². The molecule has 158 valence electrons. The zero-order chi connectivity index (χ0) is 18.6. The molecule has 0 spiro atoms. The van der Waals surface area contributed by atoms with Gasteiger partial charge >= 0.3 is 0 Å². The van der Waals surface area contributed by atoms with Crippen molar-refractivity contribution in [2.75, 3.05) is 44.7 Å². The lowest BCUT2D eigenvalue weighted by molar-refractivity contribution is 0.253. The number of methoxy groups -OCH3 is 1. The van der Waals surface area contributed by atoms with E-state index >= 15 is 0 Å². The van der Waals surface area contributed by atoms with Crippen LogP contribution in [0.5, 0.6) is 5.75 Å². The smallest absolute Gasteiger partial charge is 0.170 e. The Hall–Kier alpha value is -2.02. The molecular formula is C21H26Cl2FN3O2. The highest BCUT2D eigenvalue weighted by molar-refractivity contribution is 5.85. The van der Waals surface area contributed by atoms with E-state index in [-0.39, 0.29) is 30.6 Å². The van der Waals surface area contributed by atoms with Gasteiger partial charge in [-0.25, -0.2) is 4.39 Å². The van der Waals surface area contributed by atoms with Crippen LogP contribution in [0.4, 0.5) is 10.1 Å². The van der Waals surface area contributed by atoms with Gasteiger partial charge in [0, 0.05) is 37.6 Å². The number of anilines is 1. The largest absolute Gasteiger partial charge is 0.495 e. The Morgan fingerprint density at radius 1 is 1.07 bits per heavy atom. The van der Waals surface area contributed by atoms with E-state index in [0.717, 1.165) is 62.4 Å². The molecule has 3 aromatic rings. The lowest BCUT2D eigenvalue weighted by atomic mass is 10.1. The Labute approximate surface area is 182 Å². The van der Waals surface area contributed by atoms with Crippen LogP contribution in [0, 0.1) is 5.82 Å². The highest BCUT2D eigenvalue weighted by atomic mass is 35.5. The molecule has 1 aromatic heterocycles. The van der Waals surface area contributed by atoms with E-state index in [0.29, 0.717) is 5.58 Å². The van der Waals surface area contributed by atoms with Crippen molar-refractivity contribution < 1.29 is 13.7 Å². The molecule has 8 heteroatoms. The molecule has 1 aliphatic heterocycles. The van der Waals surface area contributed by atoms with E-state index in [1.807, 2.05) is 12.1 Å². The van der Waals surface area contributed by atoms with Gasteiger partial charge in [-0.1, -0.05) is 17.3 Å². The molecule has 0 bridgehead atoms. The summed E-state index contributed by atoms with van der Waals surface area (Å²) in [4.78, 5) is 4.86. The Bertz CT molecular complexity index is 914. The number of benzene rings is 2. The molecule has 1 fully saturated rings. The normalized spacial score (nSPS) is 14.3. The van der Waals surface area contributed by atoms with Gasteiger partial charge in [-0.2, -0.15) is 0 Å². The third-order valence-corrected chi connectivity index (χ3v) is 5.19. The summed E-state index contributed by atoms with van der Waals surface area (Å²) in [6.07, 6.45) is 1.85. The number of nitrogens with zero attached hydrogens (tertiary/aromatic N) is 3. The highest BCUT2D eigenvalue weighted by Gasteiger charge is 2.19. The maximum absolute atomic E-state index is 13.2. The van der Waals surface area contributed by atoms with Crippen LogP contribution in [-0.2, 0) is 6.42 Å². The van der Waals surface area contributed by atoms with E-state index in [2.05, 4.69) is 27.1 Å². The molecule has 29 heavy (non-hydrogen) atoms. The second-order valence-corrected chi connectivity index (χ2v) is 6.87. The van der Waals surface area contributed by atoms with Crippen LogP contribution < -0.4 is 9.64 Å². The summed E-state index contributed by atoms with van der Waals surface area (Å²) in [6, 6.07) is 12.8. The van der Waals surface area contributed by atoms with Gasteiger partial charge in [-0.3, -0.25) is 4.90 Å². The summed E-state index contributed by atoms with van der Waals surface area (Å²) in [7, 11) is 1.72. The van der Waals surface area contributed by atoms with Crippen LogP contribution in [0.1, 0.15) is 12.1 Å². The number of halogens is 3. The number of para-hydroxylation sites is 2. The SMILES string of the molecule is COc1ccccc1N1CCN(CCCc2noc3cc(F)ccc23)CC1.Cl.Cl. The average molecular weight is 442 g/mol. The van der Waals surface area contributed by atoms with Crippen molar-refractivity contribution in [2.24, 2.45) is 0 Å². The van der Waals surface area contributed by atoms with Crippen molar-refractivity contribution in [1.82, 2.24) is 10.1 Å². The Morgan fingerprint density at radius 2 is 1.83 bits per heavy atom. The third kappa shape index (κ3) is 5.32. The first-order valence-electron chi connectivity index (χ1n) is 9.39. The lowest BCUT2D eigenvalue weighted by Gasteiger charge is -2.36. The summed E-state index contributed by atoms with van der Waals surface area (Å²) in [5, 5.41) is 5.02.